The first-order valence-electron chi connectivity index (χ1n) is 7.01. The van der Waals surface area contributed by atoms with Crippen LogP contribution in [0.25, 0.3) is 10.9 Å². The highest BCUT2D eigenvalue weighted by Gasteiger charge is 2.17. The van der Waals surface area contributed by atoms with E-state index >= 15 is 0 Å². The molecule has 0 amide bonds. The summed E-state index contributed by atoms with van der Waals surface area (Å²) in [5, 5.41) is 0.819. The van der Waals surface area contributed by atoms with E-state index in [1.807, 2.05) is 18.2 Å². The van der Waals surface area contributed by atoms with Crippen LogP contribution in [-0.4, -0.2) is 25.4 Å². The SMILES string of the molecule is CCCCOc1ccc2c(OC)c(OC)c(=O)n(C)c2c1. The van der Waals surface area contributed by atoms with Gasteiger partial charge in [-0.05, 0) is 18.6 Å². The molecule has 5 nitrogen and oxygen atoms in total. The van der Waals surface area contributed by atoms with Gasteiger partial charge < -0.3 is 18.8 Å². The van der Waals surface area contributed by atoms with Gasteiger partial charge in [-0.3, -0.25) is 4.79 Å². The summed E-state index contributed by atoms with van der Waals surface area (Å²) in [6.45, 7) is 2.79. The molecule has 0 aliphatic rings. The summed E-state index contributed by atoms with van der Waals surface area (Å²) in [6, 6.07) is 5.62. The number of unbranched alkanes of at least 4 members (excludes halogenated alkanes) is 1. The predicted molar refractivity (Wildman–Crippen MR) is 82.7 cm³/mol. The van der Waals surface area contributed by atoms with E-state index in [9.17, 15) is 4.79 Å². The average molecular weight is 291 g/mol. The van der Waals surface area contributed by atoms with Crippen molar-refractivity contribution in [1.29, 1.82) is 0 Å². The third kappa shape index (κ3) is 2.82. The molecule has 1 heterocycles. The first-order valence-corrected chi connectivity index (χ1v) is 7.01. The fourth-order valence-corrected chi connectivity index (χ4v) is 2.27. The predicted octanol–water partition coefficient (Wildman–Crippen LogP) is 2.73. The van der Waals surface area contributed by atoms with Gasteiger partial charge in [0.25, 0.3) is 5.56 Å². The number of aryl methyl sites for hydroxylation is 1. The number of benzene rings is 1. The molecule has 0 unspecified atom stereocenters. The van der Waals surface area contributed by atoms with Gasteiger partial charge in [0.05, 0.1) is 26.3 Å². The van der Waals surface area contributed by atoms with Crippen molar-refractivity contribution in [3.63, 3.8) is 0 Å². The minimum atomic E-state index is -0.229. The molecule has 0 saturated heterocycles. The molecule has 1 aromatic heterocycles. The lowest BCUT2D eigenvalue weighted by Crippen LogP contribution is -2.19. The summed E-state index contributed by atoms with van der Waals surface area (Å²) in [4.78, 5) is 12.3. The molecular formula is C16H21NO4. The van der Waals surface area contributed by atoms with Gasteiger partial charge in [0.2, 0.25) is 5.75 Å². The molecule has 5 heteroatoms. The van der Waals surface area contributed by atoms with Gasteiger partial charge in [0.1, 0.15) is 5.75 Å². The van der Waals surface area contributed by atoms with E-state index in [1.54, 1.807) is 11.6 Å². The fraction of sp³-hybridized carbons (Fsp3) is 0.438. The highest BCUT2D eigenvalue weighted by Crippen LogP contribution is 2.33. The number of nitrogens with zero attached hydrogens (tertiary/aromatic N) is 1. The van der Waals surface area contributed by atoms with Crippen LogP contribution < -0.4 is 19.8 Å². The van der Waals surface area contributed by atoms with Crippen LogP contribution in [0.5, 0.6) is 17.2 Å². The number of rotatable bonds is 6. The quantitative estimate of drug-likeness (QED) is 0.768. The lowest BCUT2D eigenvalue weighted by Gasteiger charge is -2.14. The molecule has 0 aliphatic heterocycles. The molecule has 1 aromatic carbocycles. The van der Waals surface area contributed by atoms with E-state index in [0.29, 0.717) is 12.4 Å². The van der Waals surface area contributed by atoms with Gasteiger partial charge >= 0.3 is 0 Å². The molecule has 2 aromatic rings. The minimum absolute atomic E-state index is 0.215. The maximum Gasteiger partial charge on any atom is 0.297 e. The Morgan fingerprint density at radius 1 is 1.14 bits per heavy atom. The second-order valence-corrected chi connectivity index (χ2v) is 4.81. The maximum absolute atomic E-state index is 12.3. The summed E-state index contributed by atoms with van der Waals surface area (Å²) in [5.41, 5.74) is 0.527. The van der Waals surface area contributed by atoms with Crippen LogP contribution in [0.4, 0.5) is 0 Å². The largest absolute Gasteiger partial charge is 0.494 e. The first kappa shape index (κ1) is 15.2. The van der Waals surface area contributed by atoms with Gasteiger partial charge in [0.15, 0.2) is 5.75 Å². The first-order chi connectivity index (χ1) is 10.1. The van der Waals surface area contributed by atoms with Crippen LogP contribution in [-0.2, 0) is 7.05 Å². The number of methoxy groups -OCH3 is 2. The standard InChI is InChI=1S/C16H21NO4/c1-5-6-9-21-11-7-8-12-13(10-11)17(2)16(18)15(20-4)14(12)19-3/h7-8,10H,5-6,9H2,1-4H3. The molecule has 0 radical (unpaired) electrons. The van der Waals surface area contributed by atoms with Crippen LogP contribution in [0.15, 0.2) is 23.0 Å². The van der Waals surface area contributed by atoms with Crippen molar-refractivity contribution in [2.45, 2.75) is 19.8 Å². The van der Waals surface area contributed by atoms with Gasteiger partial charge in [-0.1, -0.05) is 13.3 Å². The molecule has 114 valence electrons. The molecule has 0 N–H and O–H groups in total. The van der Waals surface area contributed by atoms with E-state index in [2.05, 4.69) is 6.92 Å². The number of hydrogen-bond acceptors (Lipinski definition) is 4. The van der Waals surface area contributed by atoms with E-state index in [0.717, 1.165) is 29.5 Å². The lowest BCUT2D eigenvalue weighted by molar-refractivity contribution is 0.309. The van der Waals surface area contributed by atoms with Crippen molar-refractivity contribution in [1.82, 2.24) is 4.57 Å². The maximum atomic E-state index is 12.3. The smallest absolute Gasteiger partial charge is 0.297 e. The Morgan fingerprint density at radius 3 is 2.48 bits per heavy atom. The fourth-order valence-electron chi connectivity index (χ4n) is 2.27. The van der Waals surface area contributed by atoms with Gasteiger partial charge in [-0.15, -0.1) is 0 Å². The number of aromatic nitrogens is 1. The van der Waals surface area contributed by atoms with Gasteiger partial charge in [-0.2, -0.15) is 0 Å². The summed E-state index contributed by atoms with van der Waals surface area (Å²) in [6.07, 6.45) is 2.08. The van der Waals surface area contributed by atoms with E-state index < -0.39 is 0 Å². The lowest BCUT2D eigenvalue weighted by atomic mass is 10.1. The molecule has 0 saturated carbocycles. The van der Waals surface area contributed by atoms with Crippen molar-refractivity contribution >= 4 is 10.9 Å². The second-order valence-electron chi connectivity index (χ2n) is 4.81. The normalized spacial score (nSPS) is 10.7. The van der Waals surface area contributed by atoms with Crippen LogP contribution >= 0.6 is 0 Å². The van der Waals surface area contributed by atoms with Crippen molar-refractivity contribution < 1.29 is 14.2 Å². The highest BCUT2D eigenvalue weighted by molar-refractivity contribution is 5.88. The highest BCUT2D eigenvalue weighted by atomic mass is 16.5. The van der Waals surface area contributed by atoms with Gasteiger partial charge in [0, 0.05) is 18.5 Å². The van der Waals surface area contributed by atoms with Crippen molar-refractivity contribution in [2.24, 2.45) is 7.05 Å². The van der Waals surface area contributed by atoms with Crippen LogP contribution in [0.3, 0.4) is 0 Å². The molecule has 0 spiro atoms. The number of pyridine rings is 1. The van der Waals surface area contributed by atoms with E-state index in [1.165, 1.54) is 14.2 Å². The Hall–Kier alpha value is -2.17. The second kappa shape index (κ2) is 6.52. The Kier molecular flexibility index (Phi) is 4.73. The monoisotopic (exact) mass is 291 g/mol. The molecule has 2 rings (SSSR count). The van der Waals surface area contributed by atoms with Gasteiger partial charge in [-0.25, -0.2) is 0 Å². The van der Waals surface area contributed by atoms with Crippen molar-refractivity contribution in [2.75, 3.05) is 20.8 Å². The Morgan fingerprint density at radius 2 is 1.86 bits per heavy atom. The summed E-state index contributed by atoms with van der Waals surface area (Å²) < 4.78 is 17.8. The molecule has 21 heavy (non-hydrogen) atoms. The minimum Gasteiger partial charge on any atom is -0.494 e. The van der Waals surface area contributed by atoms with Crippen molar-refractivity contribution in [3.8, 4) is 17.2 Å². The van der Waals surface area contributed by atoms with E-state index in [-0.39, 0.29) is 11.3 Å². The summed E-state index contributed by atoms with van der Waals surface area (Å²) in [7, 11) is 4.71. The zero-order chi connectivity index (χ0) is 15.4. The number of ether oxygens (including phenoxy) is 3. The molecular weight excluding hydrogens is 270 g/mol. The Labute approximate surface area is 124 Å². The summed E-state index contributed by atoms with van der Waals surface area (Å²) in [5.74, 6) is 1.42. The molecule has 0 atom stereocenters. The van der Waals surface area contributed by atoms with E-state index in [4.69, 9.17) is 14.2 Å². The third-order valence-corrected chi connectivity index (χ3v) is 3.46. The zero-order valence-electron chi connectivity index (χ0n) is 12.9. The van der Waals surface area contributed by atoms with Crippen LogP contribution in [0.2, 0.25) is 0 Å². The number of hydrogen-bond donors (Lipinski definition) is 0. The van der Waals surface area contributed by atoms with Crippen molar-refractivity contribution in [3.05, 3.63) is 28.6 Å². The molecule has 0 aliphatic carbocycles. The third-order valence-electron chi connectivity index (χ3n) is 3.46. The molecule has 0 bridgehead atoms. The molecule has 0 fully saturated rings. The zero-order valence-corrected chi connectivity index (χ0v) is 12.9. The Bertz CT molecular complexity index is 691. The van der Waals surface area contributed by atoms with Crippen LogP contribution in [0.1, 0.15) is 19.8 Å². The average Bonchev–Trinajstić information content (AvgIpc) is 2.51. The number of fused-ring (bicyclic) bond motifs is 1. The topological polar surface area (TPSA) is 49.7 Å². The van der Waals surface area contributed by atoms with Crippen LogP contribution in [0, 0.1) is 0 Å². The summed E-state index contributed by atoms with van der Waals surface area (Å²) >= 11 is 0. The Balaban J connectivity index is 2.57.